The molecule has 0 saturated heterocycles. The van der Waals surface area contributed by atoms with Crippen molar-refractivity contribution in [2.24, 2.45) is 5.73 Å². The highest BCUT2D eigenvalue weighted by Crippen LogP contribution is 2.14. The molecule has 0 heterocycles. The van der Waals surface area contributed by atoms with Gasteiger partial charge in [0.15, 0.2) is 0 Å². The van der Waals surface area contributed by atoms with Crippen molar-refractivity contribution in [3.05, 3.63) is 0 Å². The fraction of sp³-hybridized carbons (Fsp3) is 0.875. The Morgan fingerprint density at radius 1 is 1.55 bits per heavy atom. The standard InChI is InChI=1S/C8H16BrNO/c1-2-3-4-7(9)5-6-8(10)11/h7H,2-6H2,1H3,(H2,10,11). The van der Waals surface area contributed by atoms with Gasteiger partial charge in [0.25, 0.3) is 0 Å². The Balaban J connectivity index is 3.22. The van der Waals surface area contributed by atoms with Gasteiger partial charge in [0.1, 0.15) is 0 Å². The van der Waals surface area contributed by atoms with Crippen LogP contribution in [0.15, 0.2) is 0 Å². The van der Waals surface area contributed by atoms with Crippen molar-refractivity contribution in [1.82, 2.24) is 0 Å². The maximum absolute atomic E-state index is 10.4. The second kappa shape index (κ2) is 6.65. The molecule has 0 rings (SSSR count). The van der Waals surface area contributed by atoms with E-state index in [9.17, 15) is 4.79 Å². The molecule has 66 valence electrons. The molecule has 0 aliphatic carbocycles. The van der Waals surface area contributed by atoms with Crippen molar-refractivity contribution in [3.8, 4) is 0 Å². The molecule has 0 spiro atoms. The van der Waals surface area contributed by atoms with Gasteiger partial charge in [0.2, 0.25) is 5.91 Å². The molecule has 2 nitrogen and oxygen atoms in total. The Kier molecular flexibility index (Phi) is 6.62. The average Bonchev–Trinajstić information content (AvgIpc) is 1.97. The van der Waals surface area contributed by atoms with Crippen LogP contribution in [0.5, 0.6) is 0 Å². The van der Waals surface area contributed by atoms with Crippen LogP contribution in [0.3, 0.4) is 0 Å². The number of nitrogens with two attached hydrogens (primary N) is 1. The fourth-order valence-corrected chi connectivity index (χ4v) is 1.42. The van der Waals surface area contributed by atoms with E-state index in [2.05, 4.69) is 22.9 Å². The van der Waals surface area contributed by atoms with E-state index >= 15 is 0 Å². The predicted molar refractivity (Wildman–Crippen MR) is 50.7 cm³/mol. The van der Waals surface area contributed by atoms with E-state index in [1.54, 1.807) is 0 Å². The summed E-state index contributed by atoms with van der Waals surface area (Å²) < 4.78 is 0. The lowest BCUT2D eigenvalue weighted by Crippen LogP contribution is -2.12. The van der Waals surface area contributed by atoms with Crippen molar-refractivity contribution in [2.45, 2.75) is 43.9 Å². The van der Waals surface area contributed by atoms with E-state index in [4.69, 9.17) is 5.73 Å². The van der Waals surface area contributed by atoms with Gasteiger partial charge in [0.05, 0.1) is 0 Å². The van der Waals surface area contributed by atoms with Gasteiger partial charge in [-0.05, 0) is 12.8 Å². The van der Waals surface area contributed by atoms with Gasteiger partial charge in [-0.15, -0.1) is 0 Å². The predicted octanol–water partition coefficient (Wildman–Crippen LogP) is 2.21. The summed E-state index contributed by atoms with van der Waals surface area (Å²) in [4.78, 5) is 10.8. The summed E-state index contributed by atoms with van der Waals surface area (Å²) >= 11 is 3.50. The van der Waals surface area contributed by atoms with Crippen LogP contribution in [0.25, 0.3) is 0 Å². The van der Waals surface area contributed by atoms with Crippen molar-refractivity contribution < 1.29 is 4.79 Å². The number of hydrogen-bond acceptors (Lipinski definition) is 1. The van der Waals surface area contributed by atoms with Gasteiger partial charge >= 0.3 is 0 Å². The minimum Gasteiger partial charge on any atom is -0.370 e. The van der Waals surface area contributed by atoms with Crippen molar-refractivity contribution in [1.29, 1.82) is 0 Å². The molecular weight excluding hydrogens is 206 g/mol. The van der Waals surface area contributed by atoms with Crippen LogP contribution in [0, 0.1) is 0 Å². The highest BCUT2D eigenvalue weighted by Gasteiger charge is 2.04. The van der Waals surface area contributed by atoms with Gasteiger partial charge in [-0.2, -0.15) is 0 Å². The Morgan fingerprint density at radius 3 is 2.64 bits per heavy atom. The van der Waals surface area contributed by atoms with Crippen LogP contribution < -0.4 is 5.73 Å². The van der Waals surface area contributed by atoms with Crippen LogP contribution in [0.4, 0.5) is 0 Å². The molecule has 1 atom stereocenters. The van der Waals surface area contributed by atoms with Gasteiger partial charge < -0.3 is 5.73 Å². The molecule has 0 bridgehead atoms. The number of carbonyl (C=O) groups excluding carboxylic acids is 1. The number of halogens is 1. The highest BCUT2D eigenvalue weighted by molar-refractivity contribution is 9.09. The number of primary amides is 1. The number of hydrogen-bond donors (Lipinski definition) is 1. The van der Waals surface area contributed by atoms with Crippen LogP contribution in [-0.4, -0.2) is 10.7 Å². The Bertz CT molecular complexity index is 117. The van der Waals surface area contributed by atoms with Crippen molar-refractivity contribution in [3.63, 3.8) is 0 Å². The fourth-order valence-electron chi connectivity index (χ4n) is 0.869. The number of rotatable bonds is 6. The number of unbranched alkanes of at least 4 members (excludes halogenated alkanes) is 1. The molecule has 3 heteroatoms. The van der Waals surface area contributed by atoms with E-state index in [1.165, 1.54) is 12.8 Å². The monoisotopic (exact) mass is 221 g/mol. The molecule has 1 amide bonds. The lowest BCUT2D eigenvalue weighted by atomic mass is 10.1. The molecule has 0 fully saturated rings. The minimum absolute atomic E-state index is 0.203. The van der Waals surface area contributed by atoms with E-state index < -0.39 is 0 Å². The summed E-state index contributed by atoms with van der Waals surface area (Å²) in [7, 11) is 0. The van der Waals surface area contributed by atoms with Crippen LogP contribution in [0.2, 0.25) is 0 Å². The van der Waals surface area contributed by atoms with Crippen LogP contribution >= 0.6 is 15.9 Å². The molecule has 0 aromatic heterocycles. The molecule has 0 saturated carbocycles. The van der Waals surface area contributed by atoms with E-state index in [1.807, 2.05) is 0 Å². The molecule has 0 aliphatic heterocycles. The van der Waals surface area contributed by atoms with Gasteiger partial charge in [-0.1, -0.05) is 35.7 Å². The third-order valence-corrected chi connectivity index (χ3v) is 2.49. The van der Waals surface area contributed by atoms with Gasteiger partial charge in [0, 0.05) is 11.2 Å². The van der Waals surface area contributed by atoms with Crippen molar-refractivity contribution >= 4 is 21.8 Å². The van der Waals surface area contributed by atoms with E-state index in [-0.39, 0.29) is 5.91 Å². The molecule has 0 aromatic rings. The quantitative estimate of drug-likeness (QED) is 0.688. The normalized spacial score (nSPS) is 12.9. The lowest BCUT2D eigenvalue weighted by Gasteiger charge is -2.05. The first kappa shape index (κ1) is 11.0. The second-order valence-corrected chi connectivity index (χ2v) is 4.04. The van der Waals surface area contributed by atoms with Crippen LogP contribution in [-0.2, 0) is 4.79 Å². The first-order chi connectivity index (χ1) is 5.16. The summed E-state index contributed by atoms with van der Waals surface area (Å²) in [6.45, 7) is 2.16. The highest BCUT2D eigenvalue weighted by atomic mass is 79.9. The second-order valence-electron chi connectivity index (χ2n) is 2.74. The van der Waals surface area contributed by atoms with E-state index in [0.29, 0.717) is 11.2 Å². The third kappa shape index (κ3) is 7.85. The maximum atomic E-state index is 10.4. The first-order valence-corrected chi connectivity index (χ1v) is 5.00. The molecule has 2 N–H and O–H groups in total. The summed E-state index contributed by atoms with van der Waals surface area (Å²) in [6, 6.07) is 0. The third-order valence-electron chi connectivity index (χ3n) is 1.57. The number of amides is 1. The zero-order chi connectivity index (χ0) is 8.69. The van der Waals surface area contributed by atoms with E-state index in [0.717, 1.165) is 12.8 Å². The Labute approximate surface area is 76.7 Å². The smallest absolute Gasteiger partial charge is 0.217 e. The molecular formula is C8H16BrNO. The van der Waals surface area contributed by atoms with Gasteiger partial charge in [-0.25, -0.2) is 0 Å². The topological polar surface area (TPSA) is 43.1 Å². The number of alkyl halides is 1. The molecule has 0 radical (unpaired) electrons. The zero-order valence-electron chi connectivity index (χ0n) is 6.98. The zero-order valence-corrected chi connectivity index (χ0v) is 8.56. The molecule has 0 aromatic carbocycles. The molecule has 0 aliphatic rings. The molecule has 11 heavy (non-hydrogen) atoms. The van der Waals surface area contributed by atoms with Crippen LogP contribution in [0.1, 0.15) is 39.0 Å². The maximum Gasteiger partial charge on any atom is 0.217 e. The molecule has 1 unspecified atom stereocenters. The Hall–Kier alpha value is -0.0500. The summed E-state index contributed by atoms with van der Waals surface area (Å²) in [5.41, 5.74) is 5.01. The summed E-state index contributed by atoms with van der Waals surface area (Å²) in [6.07, 6.45) is 4.94. The average molecular weight is 222 g/mol. The number of carbonyl (C=O) groups is 1. The summed E-state index contributed by atoms with van der Waals surface area (Å²) in [5, 5.41) is 0. The van der Waals surface area contributed by atoms with Gasteiger partial charge in [-0.3, -0.25) is 4.79 Å². The SMILES string of the molecule is CCCCC(Br)CCC(N)=O. The minimum atomic E-state index is -0.203. The largest absolute Gasteiger partial charge is 0.370 e. The lowest BCUT2D eigenvalue weighted by molar-refractivity contribution is -0.118. The Morgan fingerprint density at radius 2 is 2.18 bits per heavy atom. The summed E-state index contributed by atoms with van der Waals surface area (Å²) in [5.74, 6) is -0.203. The van der Waals surface area contributed by atoms with Crippen molar-refractivity contribution in [2.75, 3.05) is 0 Å². The first-order valence-electron chi connectivity index (χ1n) is 4.09.